The number of rotatable bonds is 3. The first-order valence-corrected chi connectivity index (χ1v) is 5.08. The van der Waals surface area contributed by atoms with Gasteiger partial charge in [-0.25, -0.2) is 14.8 Å². The smallest absolute Gasteiger partial charge is 0.318 e. The first kappa shape index (κ1) is 9.88. The Morgan fingerprint density at radius 3 is 2.29 bits per heavy atom. The first-order chi connectivity index (χ1) is 8.36. The number of amides is 2. The highest BCUT2D eigenvalue weighted by Gasteiger charge is 2.37. The molecule has 1 saturated heterocycles. The molecule has 0 unspecified atom stereocenters. The van der Waals surface area contributed by atoms with Gasteiger partial charge in [-0.2, -0.15) is 0 Å². The van der Waals surface area contributed by atoms with Crippen molar-refractivity contribution in [1.29, 1.82) is 0 Å². The second-order valence-corrected chi connectivity index (χ2v) is 3.41. The van der Waals surface area contributed by atoms with Gasteiger partial charge in [-0.05, 0) is 0 Å². The standard InChI is InChI=1S/C10H9N4O3/c15-10-13-1-4-14(10)7(8-11-2-5-16-8)9-12-3-6-17-9/h2-3,5-6H,1,4H2,(H,13,15). The molecule has 7 heteroatoms. The summed E-state index contributed by atoms with van der Waals surface area (Å²) in [7, 11) is 0. The molecule has 1 fully saturated rings. The number of urea groups is 1. The van der Waals surface area contributed by atoms with E-state index in [1.54, 1.807) is 0 Å². The second-order valence-electron chi connectivity index (χ2n) is 3.41. The van der Waals surface area contributed by atoms with Crippen molar-refractivity contribution in [2.24, 2.45) is 0 Å². The van der Waals surface area contributed by atoms with Crippen LogP contribution in [0.5, 0.6) is 0 Å². The molecule has 2 amide bonds. The number of oxazole rings is 2. The third-order valence-corrected chi connectivity index (χ3v) is 2.40. The zero-order valence-electron chi connectivity index (χ0n) is 8.79. The van der Waals surface area contributed by atoms with Crippen molar-refractivity contribution < 1.29 is 13.6 Å². The largest absolute Gasteiger partial charge is 0.446 e. The summed E-state index contributed by atoms with van der Waals surface area (Å²) in [5.74, 6) is 0.619. The van der Waals surface area contributed by atoms with Gasteiger partial charge in [0.2, 0.25) is 17.8 Å². The minimum absolute atomic E-state index is 0.212. The Morgan fingerprint density at radius 1 is 1.24 bits per heavy atom. The lowest BCUT2D eigenvalue weighted by atomic mass is 10.2. The van der Waals surface area contributed by atoms with Crippen LogP contribution < -0.4 is 5.32 Å². The molecule has 3 heterocycles. The molecule has 1 aliphatic heterocycles. The lowest BCUT2D eigenvalue weighted by Crippen LogP contribution is -2.34. The first-order valence-electron chi connectivity index (χ1n) is 5.08. The zero-order chi connectivity index (χ0) is 11.7. The highest BCUT2D eigenvalue weighted by Crippen LogP contribution is 2.26. The highest BCUT2D eigenvalue weighted by molar-refractivity contribution is 5.78. The molecule has 0 atom stereocenters. The fraction of sp³-hybridized carbons (Fsp3) is 0.200. The molecule has 2 aromatic heterocycles. The van der Waals surface area contributed by atoms with E-state index in [4.69, 9.17) is 8.83 Å². The van der Waals surface area contributed by atoms with Crippen molar-refractivity contribution in [1.82, 2.24) is 20.2 Å². The van der Waals surface area contributed by atoms with Gasteiger partial charge in [-0.15, -0.1) is 0 Å². The van der Waals surface area contributed by atoms with E-state index in [1.165, 1.54) is 29.8 Å². The van der Waals surface area contributed by atoms with E-state index in [0.29, 0.717) is 30.9 Å². The predicted molar refractivity (Wildman–Crippen MR) is 54.6 cm³/mol. The second kappa shape index (κ2) is 3.93. The fourth-order valence-electron chi connectivity index (χ4n) is 1.69. The summed E-state index contributed by atoms with van der Waals surface area (Å²) >= 11 is 0. The molecular formula is C10H9N4O3. The molecule has 1 aliphatic rings. The van der Waals surface area contributed by atoms with Gasteiger partial charge in [0.05, 0.1) is 12.4 Å². The summed E-state index contributed by atoms with van der Waals surface area (Å²) in [6.07, 6.45) is 5.89. The molecule has 1 radical (unpaired) electrons. The average molecular weight is 233 g/mol. The van der Waals surface area contributed by atoms with E-state index in [9.17, 15) is 4.79 Å². The van der Waals surface area contributed by atoms with E-state index in [-0.39, 0.29) is 6.03 Å². The number of hydrogen-bond donors (Lipinski definition) is 1. The summed E-state index contributed by atoms with van der Waals surface area (Å²) in [5.41, 5.74) is 0. The van der Waals surface area contributed by atoms with Gasteiger partial charge in [-0.3, -0.25) is 4.90 Å². The SMILES string of the molecule is O=C1NCCN1[C](c1ncco1)c1ncco1. The number of nitrogens with one attached hydrogen (secondary N) is 1. The average Bonchev–Trinajstić information content (AvgIpc) is 3.04. The Morgan fingerprint density at radius 2 is 1.88 bits per heavy atom. The number of carbonyl (C=O) groups is 1. The molecule has 0 spiro atoms. The Balaban J connectivity index is 2.00. The minimum Gasteiger partial charge on any atom is -0.446 e. The molecule has 0 saturated carbocycles. The van der Waals surface area contributed by atoms with Crippen LogP contribution in [0.2, 0.25) is 0 Å². The van der Waals surface area contributed by atoms with E-state index >= 15 is 0 Å². The highest BCUT2D eigenvalue weighted by atomic mass is 16.4. The van der Waals surface area contributed by atoms with Crippen LogP contribution in [0.15, 0.2) is 33.8 Å². The summed E-state index contributed by atoms with van der Waals surface area (Å²) < 4.78 is 10.4. The topological polar surface area (TPSA) is 84.4 Å². The van der Waals surface area contributed by atoms with Gasteiger partial charge in [0.1, 0.15) is 12.5 Å². The Kier molecular flexibility index (Phi) is 2.28. The summed E-state index contributed by atoms with van der Waals surface area (Å²) in [5, 5.41) is 2.70. The van der Waals surface area contributed by atoms with Crippen molar-refractivity contribution >= 4 is 6.03 Å². The van der Waals surface area contributed by atoms with Crippen molar-refractivity contribution in [3.63, 3.8) is 0 Å². The number of nitrogens with zero attached hydrogens (tertiary/aromatic N) is 3. The zero-order valence-corrected chi connectivity index (χ0v) is 8.79. The maximum Gasteiger partial charge on any atom is 0.318 e. The van der Waals surface area contributed by atoms with Gasteiger partial charge in [0.25, 0.3) is 0 Å². The summed E-state index contributed by atoms with van der Waals surface area (Å²) in [4.78, 5) is 21.2. The molecule has 0 aliphatic carbocycles. The monoisotopic (exact) mass is 233 g/mol. The molecule has 7 nitrogen and oxygen atoms in total. The van der Waals surface area contributed by atoms with Crippen LogP contribution in [-0.4, -0.2) is 34.0 Å². The Hall–Kier alpha value is -2.31. The Bertz CT molecular complexity index is 459. The van der Waals surface area contributed by atoms with Crippen LogP contribution in [-0.2, 0) is 0 Å². The van der Waals surface area contributed by atoms with Crippen LogP contribution in [0.4, 0.5) is 4.79 Å². The van der Waals surface area contributed by atoms with Gasteiger partial charge >= 0.3 is 6.03 Å². The molecule has 87 valence electrons. The molecular weight excluding hydrogens is 224 g/mol. The Labute approximate surface area is 96.4 Å². The van der Waals surface area contributed by atoms with Crippen LogP contribution in [0.3, 0.4) is 0 Å². The van der Waals surface area contributed by atoms with E-state index < -0.39 is 0 Å². The van der Waals surface area contributed by atoms with Crippen LogP contribution in [0, 0.1) is 6.04 Å². The molecule has 2 aromatic rings. The van der Waals surface area contributed by atoms with Crippen molar-refractivity contribution in [3.8, 4) is 0 Å². The normalized spacial score (nSPS) is 15.6. The van der Waals surface area contributed by atoms with E-state index in [0.717, 1.165) is 0 Å². The quantitative estimate of drug-likeness (QED) is 0.839. The van der Waals surface area contributed by atoms with E-state index in [2.05, 4.69) is 15.3 Å². The van der Waals surface area contributed by atoms with Crippen LogP contribution in [0.25, 0.3) is 0 Å². The third-order valence-electron chi connectivity index (χ3n) is 2.40. The van der Waals surface area contributed by atoms with Crippen molar-refractivity contribution in [2.45, 2.75) is 0 Å². The van der Waals surface area contributed by atoms with Gasteiger partial charge < -0.3 is 14.2 Å². The van der Waals surface area contributed by atoms with Crippen molar-refractivity contribution in [2.75, 3.05) is 13.1 Å². The predicted octanol–water partition coefficient (Wildman–Crippen LogP) is 0.616. The van der Waals surface area contributed by atoms with E-state index in [1.807, 2.05) is 0 Å². The number of aromatic nitrogens is 2. The number of hydrogen-bond acceptors (Lipinski definition) is 5. The van der Waals surface area contributed by atoms with Gasteiger partial charge in [0.15, 0.2) is 0 Å². The maximum absolute atomic E-state index is 11.7. The molecule has 17 heavy (non-hydrogen) atoms. The minimum atomic E-state index is -0.212. The maximum atomic E-state index is 11.7. The lowest BCUT2D eigenvalue weighted by Gasteiger charge is -2.19. The van der Waals surface area contributed by atoms with Gasteiger partial charge in [0, 0.05) is 13.1 Å². The molecule has 3 rings (SSSR count). The number of carbonyl (C=O) groups excluding carboxylic acids is 1. The lowest BCUT2D eigenvalue weighted by molar-refractivity contribution is 0.217. The third kappa shape index (κ3) is 1.65. The van der Waals surface area contributed by atoms with Crippen LogP contribution >= 0.6 is 0 Å². The van der Waals surface area contributed by atoms with Crippen LogP contribution in [0.1, 0.15) is 11.8 Å². The molecule has 0 aromatic carbocycles. The fourth-order valence-corrected chi connectivity index (χ4v) is 1.69. The molecule has 1 N–H and O–H groups in total. The van der Waals surface area contributed by atoms with Gasteiger partial charge in [-0.1, -0.05) is 0 Å². The summed E-state index contributed by atoms with van der Waals surface area (Å²) in [6.45, 7) is 1.10. The summed E-state index contributed by atoms with van der Waals surface area (Å²) in [6, 6.07) is 0.228. The van der Waals surface area contributed by atoms with Crippen molar-refractivity contribution in [3.05, 3.63) is 42.7 Å². The molecule has 0 bridgehead atoms.